The first-order chi connectivity index (χ1) is 65.0. The van der Waals surface area contributed by atoms with E-state index in [1.165, 1.54) is 165 Å². The summed E-state index contributed by atoms with van der Waals surface area (Å²) in [6.07, 6.45) is 0. The molecular weight excluding hydrogens is 1610 g/mol. The highest BCUT2D eigenvalue weighted by molar-refractivity contribution is 7.27. The number of furan rings is 1. The Kier molecular flexibility index (Phi) is 18.3. The second kappa shape index (κ2) is 30.9. The van der Waals surface area contributed by atoms with Crippen molar-refractivity contribution in [2.75, 3.05) is 9.80 Å². The molecule has 0 unspecified atom stereocenters. The van der Waals surface area contributed by atoms with Gasteiger partial charge in [0.1, 0.15) is 11.2 Å². The molecule has 624 valence electrons. The van der Waals surface area contributed by atoms with Gasteiger partial charge in [-0.2, -0.15) is 0 Å². The van der Waals surface area contributed by atoms with Crippen molar-refractivity contribution in [3.05, 3.63) is 540 Å². The van der Waals surface area contributed by atoms with Crippen LogP contribution in [0.15, 0.2) is 478 Å². The van der Waals surface area contributed by atoms with Crippen LogP contribution in [-0.2, 0) is 21.7 Å². The predicted octanol–water partition coefficient (Wildman–Crippen LogP) is 34.6. The number of rotatable bonds is 14. The molecule has 22 aromatic rings. The van der Waals surface area contributed by atoms with Crippen molar-refractivity contribution in [3.8, 4) is 89.0 Å². The first kappa shape index (κ1) is 78.3. The van der Waals surface area contributed by atoms with E-state index in [1.54, 1.807) is 0 Å². The molecule has 4 aliphatic rings. The summed E-state index contributed by atoms with van der Waals surface area (Å²) < 4.78 is 9.76. The molecule has 4 heteroatoms. The van der Waals surface area contributed by atoms with E-state index in [0.29, 0.717) is 0 Å². The van der Waals surface area contributed by atoms with Crippen molar-refractivity contribution in [2.45, 2.75) is 49.4 Å². The van der Waals surface area contributed by atoms with Gasteiger partial charge >= 0.3 is 0 Å². The van der Waals surface area contributed by atoms with Gasteiger partial charge in [0.15, 0.2) is 0 Å². The largest absolute Gasteiger partial charge is 0.455 e. The van der Waals surface area contributed by atoms with E-state index in [0.717, 1.165) is 67.2 Å². The summed E-state index contributed by atoms with van der Waals surface area (Å²) in [5.74, 6) is 0. The zero-order valence-electron chi connectivity index (χ0n) is 73.7. The van der Waals surface area contributed by atoms with E-state index >= 15 is 0 Å². The van der Waals surface area contributed by atoms with E-state index in [2.05, 4.69) is 511 Å². The van der Waals surface area contributed by atoms with Crippen LogP contribution < -0.4 is 9.80 Å². The molecule has 0 fully saturated rings. The third-order valence-electron chi connectivity index (χ3n) is 29.2. The zero-order valence-corrected chi connectivity index (χ0v) is 74.6. The minimum Gasteiger partial charge on any atom is -0.455 e. The molecule has 0 N–H and O–H groups in total. The van der Waals surface area contributed by atoms with Gasteiger partial charge in [0.2, 0.25) is 0 Å². The van der Waals surface area contributed by atoms with E-state index in [9.17, 15) is 0 Å². The minimum atomic E-state index is -0.514. The number of anilines is 6. The summed E-state index contributed by atoms with van der Waals surface area (Å²) in [4.78, 5) is 4.85. The molecule has 0 atom stereocenters. The number of hydrogen-bond donors (Lipinski definition) is 0. The molecule has 26 rings (SSSR count). The maximum absolute atomic E-state index is 7.05. The van der Waals surface area contributed by atoms with Crippen molar-refractivity contribution in [2.24, 2.45) is 0 Å². The van der Waals surface area contributed by atoms with Gasteiger partial charge in [-0.1, -0.05) is 428 Å². The molecule has 0 saturated heterocycles. The van der Waals surface area contributed by atoms with E-state index in [-0.39, 0.29) is 10.8 Å². The first-order valence-electron chi connectivity index (χ1n) is 46.0. The summed E-state index contributed by atoms with van der Waals surface area (Å²) in [5, 5.41) is 4.95. The Labute approximate surface area is 774 Å². The maximum Gasteiger partial charge on any atom is 0.143 e. The van der Waals surface area contributed by atoms with Crippen LogP contribution >= 0.6 is 11.3 Å². The molecule has 4 aliphatic carbocycles. The quantitative estimate of drug-likeness (QED) is 0.108. The third kappa shape index (κ3) is 12.0. The van der Waals surface area contributed by atoms with Gasteiger partial charge in [0, 0.05) is 92.6 Å². The smallest absolute Gasteiger partial charge is 0.143 e. The summed E-state index contributed by atoms with van der Waals surface area (Å²) in [7, 11) is 0. The van der Waals surface area contributed by atoms with Crippen molar-refractivity contribution in [1.29, 1.82) is 0 Å². The maximum atomic E-state index is 7.05. The highest BCUT2D eigenvalue weighted by Gasteiger charge is 2.49. The minimum absolute atomic E-state index is 0.0317. The highest BCUT2D eigenvalue weighted by Crippen LogP contribution is 2.62. The van der Waals surface area contributed by atoms with Crippen molar-refractivity contribution in [1.82, 2.24) is 0 Å². The van der Waals surface area contributed by atoms with Crippen LogP contribution in [0.4, 0.5) is 34.1 Å². The Morgan fingerprint density at radius 1 is 0.189 bits per heavy atom. The van der Waals surface area contributed by atoms with Crippen LogP contribution in [0.25, 0.3) is 131 Å². The van der Waals surface area contributed by atoms with Gasteiger partial charge in [-0.05, 0) is 212 Å². The normalized spacial score (nSPS) is 13.8. The fourth-order valence-electron chi connectivity index (χ4n) is 23.0. The average molecular weight is 1700 g/mol. The Bertz CT molecular complexity index is 7690. The van der Waals surface area contributed by atoms with Gasteiger partial charge < -0.3 is 14.2 Å². The first-order valence-corrected chi connectivity index (χ1v) is 46.8. The van der Waals surface area contributed by atoms with E-state index in [1.807, 2.05) is 11.3 Å². The van der Waals surface area contributed by atoms with Crippen molar-refractivity contribution < 1.29 is 4.42 Å². The Morgan fingerprint density at radius 3 is 0.932 bits per heavy atom. The Hall–Kier alpha value is -16.0. The fourth-order valence-corrected chi connectivity index (χ4v) is 24.4. The Balaban J connectivity index is 0.000000142. The standard InChI is InChI=1S/C64H45NO.C64H45NS/c2*1-63(2)56-27-14-13-24-55(56)60-58(63)40-39-54-53-26-16-25-50(61(53)66-62(54)60)44-31-35-48(36-32-44)65(47-33-29-43(30-34-47)42-17-6-3-7-18-42)49-37-38-52-51-23-12-15-28-57(51)64(59(52)41-49,45-19-8-4-9-20-45)46-21-10-5-11-22-46/h2*3-41H,1-2H3. The topological polar surface area (TPSA) is 19.6 Å². The highest BCUT2D eigenvalue weighted by atomic mass is 32.1. The van der Waals surface area contributed by atoms with E-state index < -0.39 is 10.8 Å². The molecule has 2 aromatic heterocycles. The van der Waals surface area contributed by atoms with E-state index in [4.69, 9.17) is 4.42 Å². The average Bonchev–Trinajstić information content (AvgIpc) is 1.53. The van der Waals surface area contributed by atoms with Crippen LogP contribution in [0.5, 0.6) is 0 Å². The molecule has 0 aliphatic heterocycles. The zero-order chi connectivity index (χ0) is 88.0. The molecule has 0 bridgehead atoms. The predicted molar refractivity (Wildman–Crippen MR) is 554 cm³/mol. The van der Waals surface area contributed by atoms with Crippen LogP contribution in [0.2, 0.25) is 0 Å². The second-order valence-electron chi connectivity index (χ2n) is 36.7. The number of hydrogen-bond acceptors (Lipinski definition) is 4. The summed E-state index contributed by atoms with van der Waals surface area (Å²) in [6.45, 7) is 9.39. The lowest BCUT2D eigenvalue weighted by molar-refractivity contribution is 0.653. The third-order valence-corrected chi connectivity index (χ3v) is 30.4. The van der Waals surface area contributed by atoms with Gasteiger partial charge in [0.05, 0.1) is 10.8 Å². The van der Waals surface area contributed by atoms with Crippen LogP contribution in [0, 0.1) is 0 Å². The lowest BCUT2D eigenvalue weighted by Crippen LogP contribution is -2.28. The SMILES string of the molecule is CC1(C)c2ccccc2-c2c1ccc1c2oc2c(-c3ccc(N(c4ccc(-c5ccccc5)cc4)c4ccc5c(c4)C(c4ccccc4)(c4ccccc4)c4ccccc4-5)cc3)cccc21.CC1(C)c2ccccc2-c2c1ccc1c2sc2c(-c3ccc(N(c4ccc(-c5ccccc5)cc4)c4ccc5c(c4)C(c4ccccc4)(c4ccccc4)c4ccccc4-5)cc3)cccc21. The number of nitrogens with zero attached hydrogens (tertiary/aromatic N) is 2. The molecule has 0 spiro atoms. The second-order valence-corrected chi connectivity index (χ2v) is 37.8. The van der Waals surface area contributed by atoms with Gasteiger partial charge in [-0.3, -0.25) is 0 Å². The summed E-state index contributed by atoms with van der Waals surface area (Å²) in [6, 6.07) is 175. The van der Waals surface area contributed by atoms with Gasteiger partial charge in [-0.25, -0.2) is 0 Å². The Morgan fingerprint density at radius 2 is 0.492 bits per heavy atom. The molecule has 2 heterocycles. The lowest BCUT2D eigenvalue weighted by atomic mass is 9.67. The van der Waals surface area contributed by atoms with Crippen LogP contribution in [0.1, 0.15) is 94.5 Å². The number of fused-ring (bicyclic) bond motifs is 20. The summed E-state index contributed by atoms with van der Waals surface area (Å²) in [5.41, 5.74) is 42.8. The number of para-hydroxylation sites is 1. The molecular formula is C128H90N2OS. The molecule has 0 amide bonds. The van der Waals surface area contributed by atoms with Crippen LogP contribution in [-0.4, -0.2) is 0 Å². The molecule has 3 nitrogen and oxygen atoms in total. The number of benzene rings is 20. The van der Waals surface area contributed by atoms with Crippen molar-refractivity contribution >= 4 is 87.6 Å². The van der Waals surface area contributed by atoms with Crippen LogP contribution in [0.3, 0.4) is 0 Å². The monoisotopic (exact) mass is 1700 g/mol. The van der Waals surface area contributed by atoms with Gasteiger partial charge in [0.25, 0.3) is 0 Å². The molecule has 0 saturated carbocycles. The fraction of sp³-hybridized carbons (Fsp3) is 0.0625. The van der Waals surface area contributed by atoms with Crippen molar-refractivity contribution in [3.63, 3.8) is 0 Å². The lowest BCUT2D eigenvalue weighted by Gasteiger charge is -2.35. The molecule has 20 aromatic carbocycles. The molecule has 132 heavy (non-hydrogen) atoms. The number of thiophene rings is 1. The molecule has 0 radical (unpaired) electrons. The van der Waals surface area contributed by atoms with Gasteiger partial charge in [-0.15, -0.1) is 11.3 Å². The summed E-state index contributed by atoms with van der Waals surface area (Å²) >= 11 is 1.95.